The van der Waals surface area contributed by atoms with E-state index in [9.17, 15) is 19.2 Å². The fraction of sp³-hybridized carbons (Fsp3) is 0.750. The number of carbonyl (C=O) groups excluding carboxylic acids is 4. The molecule has 0 aliphatic heterocycles. The number of ether oxygens (including phenoxy) is 2. The molecule has 0 bridgehead atoms. The maximum atomic E-state index is 12.5. The molecule has 0 aromatic heterocycles. The topological polar surface area (TPSA) is 111 Å². The molecule has 0 rings (SSSR count). The van der Waals surface area contributed by atoms with E-state index in [-0.39, 0.29) is 18.2 Å². The van der Waals surface area contributed by atoms with Gasteiger partial charge < -0.3 is 20.1 Å². The molecule has 0 spiro atoms. The molecule has 0 unspecified atom stereocenters. The monoisotopic (exact) mass is 344 g/mol. The van der Waals surface area contributed by atoms with Crippen LogP contribution in [0, 0.1) is 11.8 Å². The molecule has 0 aliphatic rings. The second-order valence-corrected chi connectivity index (χ2v) is 6.15. The number of hydrogen-bond donors (Lipinski definition) is 2. The standard InChI is InChI=1S/C16H28N2O6/c1-9(2)7-12(17-11(4)19)15(21)18-14(16(22)24-6)10(3)8-13(20)23-5/h9-10,12,14H,7-8H2,1-6H3,(H,17,19)(H,18,21)/t10-,12+,14+/m1/s1. The lowest BCUT2D eigenvalue weighted by Gasteiger charge is -2.26. The third-order valence-electron chi connectivity index (χ3n) is 3.44. The van der Waals surface area contributed by atoms with Gasteiger partial charge in [-0.15, -0.1) is 0 Å². The van der Waals surface area contributed by atoms with E-state index >= 15 is 0 Å². The van der Waals surface area contributed by atoms with Gasteiger partial charge in [-0.1, -0.05) is 20.8 Å². The lowest BCUT2D eigenvalue weighted by atomic mass is 9.96. The van der Waals surface area contributed by atoms with Crippen LogP contribution in [0.3, 0.4) is 0 Å². The van der Waals surface area contributed by atoms with Crippen LogP contribution < -0.4 is 10.6 Å². The van der Waals surface area contributed by atoms with Crippen LogP contribution in [-0.2, 0) is 28.7 Å². The molecule has 0 fully saturated rings. The Kier molecular flexibility index (Phi) is 9.68. The summed E-state index contributed by atoms with van der Waals surface area (Å²) in [5.41, 5.74) is 0. The first kappa shape index (κ1) is 21.9. The van der Waals surface area contributed by atoms with Crippen molar-refractivity contribution in [2.24, 2.45) is 11.8 Å². The van der Waals surface area contributed by atoms with Gasteiger partial charge in [0.1, 0.15) is 12.1 Å². The third-order valence-corrected chi connectivity index (χ3v) is 3.44. The summed E-state index contributed by atoms with van der Waals surface area (Å²) in [6, 6.07) is -1.77. The average molecular weight is 344 g/mol. The maximum Gasteiger partial charge on any atom is 0.328 e. The van der Waals surface area contributed by atoms with Crippen molar-refractivity contribution in [1.29, 1.82) is 0 Å². The Labute approximate surface area is 142 Å². The predicted molar refractivity (Wildman–Crippen MR) is 86.8 cm³/mol. The highest BCUT2D eigenvalue weighted by molar-refractivity contribution is 5.90. The van der Waals surface area contributed by atoms with E-state index in [1.807, 2.05) is 13.8 Å². The summed E-state index contributed by atoms with van der Waals surface area (Å²) in [7, 11) is 2.45. The van der Waals surface area contributed by atoms with Crippen LogP contribution in [0.15, 0.2) is 0 Å². The number of amides is 2. The zero-order chi connectivity index (χ0) is 18.9. The summed E-state index contributed by atoms with van der Waals surface area (Å²) in [4.78, 5) is 47.1. The molecule has 0 saturated carbocycles. The van der Waals surface area contributed by atoms with Crippen molar-refractivity contribution in [3.63, 3.8) is 0 Å². The Balaban J connectivity index is 5.14. The number of carbonyl (C=O) groups is 4. The molecule has 3 atom stereocenters. The molecular weight excluding hydrogens is 316 g/mol. The van der Waals surface area contributed by atoms with Gasteiger partial charge in [0.15, 0.2) is 0 Å². The van der Waals surface area contributed by atoms with Crippen LogP contribution in [-0.4, -0.2) is 50.1 Å². The summed E-state index contributed by atoms with van der Waals surface area (Å²) in [5.74, 6) is -2.35. The van der Waals surface area contributed by atoms with Crippen LogP contribution in [0.25, 0.3) is 0 Å². The van der Waals surface area contributed by atoms with E-state index in [0.717, 1.165) is 0 Å². The van der Waals surface area contributed by atoms with Gasteiger partial charge in [-0.2, -0.15) is 0 Å². The van der Waals surface area contributed by atoms with Crippen molar-refractivity contribution in [2.45, 2.75) is 52.6 Å². The minimum Gasteiger partial charge on any atom is -0.469 e. The normalized spacial score (nSPS) is 14.3. The maximum absolute atomic E-state index is 12.5. The molecule has 0 saturated heterocycles. The van der Waals surface area contributed by atoms with Crippen molar-refractivity contribution in [3.8, 4) is 0 Å². The zero-order valence-corrected chi connectivity index (χ0v) is 15.2. The van der Waals surface area contributed by atoms with Crippen LogP contribution in [0.5, 0.6) is 0 Å². The molecule has 2 amide bonds. The Hall–Kier alpha value is -2.12. The van der Waals surface area contributed by atoms with Gasteiger partial charge in [0.2, 0.25) is 11.8 Å². The fourth-order valence-electron chi connectivity index (χ4n) is 2.23. The van der Waals surface area contributed by atoms with Crippen molar-refractivity contribution >= 4 is 23.8 Å². The average Bonchev–Trinajstić information content (AvgIpc) is 2.49. The van der Waals surface area contributed by atoms with Gasteiger partial charge in [0.05, 0.1) is 20.6 Å². The minimum atomic E-state index is -1.01. The number of methoxy groups -OCH3 is 2. The smallest absolute Gasteiger partial charge is 0.328 e. The lowest BCUT2D eigenvalue weighted by Crippen LogP contribution is -2.54. The van der Waals surface area contributed by atoms with Gasteiger partial charge in [0, 0.05) is 6.92 Å². The summed E-state index contributed by atoms with van der Waals surface area (Å²) < 4.78 is 9.28. The molecule has 0 heterocycles. The van der Waals surface area contributed by atoms with E-state index in [1.54, 1.807) is 6.92 Å². The highest BCUT2D eigenvalue weighted by Crippen LogP contribution is 2.13. The quantitative estimate of drug-likeness (QED) is 0.586. The van der Waals surface area contributed by atoms with Gasteiger partial charge in [0.25, 0.3) is 0 Å². The Morgan fingerprint density at radius 2 is 1.54 bits per heavy atom. The summed E-state index contributed by atoms with van der Waals surface area (Å²) >= 11 is 0. The molecular formula is C16H28N2O6. The van der Waals surface area contributed by atoms with E-state index in [4.69, 9.17) is 4.74 Å². The molecule has 8 nitrogen and oxygen atoms in total. The number of nitrogens with one attached hydrogen (secondary N) is 2. The number of hydrogen-bond acceptors (Lipinski definition) is 6. The van der Waals surface area contributed by atoms with Gasteiger partial charge in [-0.3, -0.25) is 14.4 Å². The van der Waals surface area contributed by atoms with Crippen LogP contribution in [0.1, 0.15) is 40.5 Å². The van der Waals surface area contributed by atoms with E-state index in [2.05, 4.69) is 15.4 Å². The zero-order valence-electron chi connectivity index (χ0n) is 15.2. The molecule has 0 radical (unpaired) electrons. The molecule has 0 aromatic rings. The molecule has 0 aromatic carbocycles. The molecule has 2 N–H and O–H groups in total. The summed E-state index contributed by atoms with van der Waals surface area (Å²) in [5, 5.41) is 5.14. The highest BCUT2D eigenvalue weighted by Gasteiger charge is 2.32. The van der Waals surface area contributed by atoms with Crippen molar-refractivity contribution in [3.05, 3.63) is 0 Å². The molecule has 24 heavy (non-hydrogen) atoms. The van der Waals surface area contributed by atoms with Crippen molar-refractivity contribution < 1.29 is 28.7 Å². The first-order valence-electron chi connectivity index (χ1n) is 7.84. The number of esters is 2. The fourth-order valence-corrected chi connectivity index (χ4v) is 2.23. The molecule has 8 heteroatoms. The second kappa shape index (κ2) is 10.6. The van der Waals surface area contributed by atoms with Crippen LogP contribution in [0.4, 0.5) is 0 Å². The van der Waals surface area contributed by atoms with E-state index < -0.39 is 35.8 Å². The lowest BCUT2D eigenvalue weighted by molar-refractivity contribution is -0.148. The summed E-state index contributed by atoms with van der Waals surface area (Å²) in [6.07, 6.45) is 0.371. The first-order valence-corrected chi connectivity index (χ1v) is 7.84. The van der Waals surface area contributed by atoms with Crippen LogP contribution >= 0.6 is 0 Å². The Morgan fingerprint density at radius 3 is 1.96 bits per heavy atom. The van der Waals surface area contributed by atoms with Crippen LogP contribution in [0.2, 0.25) is 0 Å². The van der Waals surface area contributed by atoms with Crippen molar-refractivity contribution in [1.82, 2.24) is 10.6 Å². The van der Waals surface area contributed by atoms with Gasteiger partial charge in [-0.05, 0) is 18.3 Å². The highest BCUT2D eigenvalue weighted by atomic mass is 16.5. The minimum absolute atomic E-state index is 0.0501. The largest absolute Gasteiger partial charge is 0.469 e. The third kappa shape index (κ3) is 7.94. The predicted octanol–water partition coefficient (Wildman–Crippen LogP) is 0.394. The van der Waals surface area contributed by atoms with E-state index in [1.165, 1.54) is 21.1 Å². The van der Waals surface area contributed by atoms with Gasteiger partial charge >= 0.3 is 11.9 Å². The SMILES string of the molecule is COC(=O)C[C@@H](C)[C@H](NC(=O)[C@H](CC(C)C)NC(C)=O)C(=O)OC. The first-order chi connectivity index (χ1) is 11.1. The van der Waals surface area contributed by atoms with Gasteiger partial charge in [-0.25, -0.2) is 4.79 Å². The Morgan fingerprint density at radius 1 is 0.958 bits per heavy atom. The number of rotatable bonds is 9. The van der Waals surface area contributed by atoms with E-state index in [0.29, 0.717) is 6.42 Å². The van der Waals surface area contributed by atoms with Crippen molar-refractivity contribution in [2.75, 3.05) is 14.2 Å². The molecule has 138 valence electrons. The summed E-state index contributed by atoms with van der Waals surface area (Å²) in [6.45, 7) is 6.78. The molecule has 0 aliphatic carbocycles. The second-order valence-electron chi connectivity index (χ2n) is 6.15. The Bertz CT molecular complexity index is 463.